The number of nitrogens with zero attached hydrogens (tertiary/aromatic N) is 2. The zero-order valence-electron chi connectivity index (χ0n) is 9.87. The van der Waals surface area contributed by atoms with Gasteiger partial charge >= 0.3 is 5.97 Å². The Morgan fingerprint density at radius 2 is 2.11 bits per heavy atom. The number of carbonyl (C=O) groups is 2. The van der Waals surface area contributed by atoms with Gasteiger partial charge in [-0.3, -0.25) is 4.79 Å². The maximum absolute atomic E-state index is 11.3. The van der Waals surface area contributed by atoms with Gasteiger partial charge in [-0.1, -0.05) is 12.1 Å². The van der Waals surface area contributed by atoms with E-state index in [0.29, 0.717) is 17.8 Å². The summed E-state index contributed by atoms with van der Waals surface area (Å²) >= 11 is 0. The van der Waals surface area contributed by atoms with Crippen LogP contribution < -0.4 is 0 Å². The second-order valence-corrected chi connectivity index (χ2v) is 3.75. The smallest absolute Gasteiger partial charge is 0.337 e. The molecule has 0 saturated carbocycles. The van der Waals surface area contributed by atoms with Crippen molar-refractivity contribution in [2.75, 3.05) is 7.11 Å². The van der Waals surface area contributed by atoms with Gasteiger partial charge in [0.2, 0.25) is 0 Å². The van der Waals surface area contributed by atoms with Gasteiger partial charge in [-0.15, -0.1) is 0 Å². The van der Waals surface area contributed by atoms with Crippen LogP contribution >= 0.6 is 0 Å². The van der Waals surface area contributed by atoms with E-state index in [0.717, 1.165) is 11.8 Å². The van der Waals surface area contributed by atoms with E-state index in [1.165, 1.54) is 13.3 Å². The first-order chi connectivity index (χ1) is 8.74. The number of hydrogen-bond acceptors (Lipinski definition) is 4. The van der Waals surface area contributed by atoms with Crippen molar-refractivity contribution in [3.8, 4) is 0 Å². The van der Waals surface area contributed by atoms with Gasteiger partial charge in [0, 0.05) is 6.54 Å². The number of benzene rings is 1. The van der Waals surface area contributed by atoms with Crippen LogP contribution in [0.2, 0.25) is 0 Å². The average Bonchev–Trinajstić information content (AvgIpc) is 2.86. The Hall–Kier alpha value is -2.43. The van der Waals surface area contributed by atoms with Crippen LogP contribution in [0.1, 0.15) is 26.4 Å². The van der Waals surface area contributed by atoms with Crippen LogP contribution in [0.3, 0.4) is 0 Å². The number of methoxy groups -OCH3 is 1. The minimum absolute atomic E-state index is 0.363. The van der Waals surface area contributed by atoms with Crippen LogP contribution in [-0.4, -0.2) is 28.9 Å². The first-order valence-electron chi connectivity index (χ1n) is 5.37. The number of esters is 1. The molecule has 0 amide bonds. The van der Waals surface area contributed by atoms with Gasteiger partial charge in [-0.2, -0.15) is 0 Å². The highest BCUT2D eigenvalue weighted by Gasteiger charge is 2.05. The molecule has 0 N–H and O–H groups in total. The standard InChI is InChI=1S/C13H12N2O3/c1-18-13(17)11-4-2-10(3-5-11)7-15-9-14-6-12(15)8-16/h2-6,8-9H,7H2,1H3. The molecule has 0 fully saturated rings. The number of aldehydes is 1. The molecular weight excluding hydrogens is 232 g/mol. The Morgan fingerprint density at radius 1 is 1.39 bits per heavy atom. The highest BCUT2D eigenvalue weighted by Crippen LogP contribution is 2.08. The van der Waals surface area contributed by atoms with E-state index in [1.807, 2.05) is 12.1 Å². The lowest BCUT2D eigenvalue weighted by atomic mass is 10.1. The summed E-state index contributed by atoms with van der Waals surface area (Å²) < 4.78 is 6.35. The molecule has 2 aromatic rings. The molecular formula is C13H12N2O3. The molecule has 1 heterocycles. The number of imidazole rings is 1. The van der Waals surface area contributed by atoms with Crippen molar-refractivity contribution in [1.82, 2.24) is 9.55 Å². The second-order valence-electron chi connectivity index (χ2n) is 3.75. The number of hydrogen-bond donors (Lipinski definition) is 0. The Kier molecular flexibility index (Phi) is 3.52. The first-order valence-corrected chi connectivity index (χ1v) is 5.37. The van der Waals surface area contributed by atoms with E-state index >= 15 is 0 Å². The zero-order valence-corrected chi connectivity index (χ0v) is 9.87. The van der Waals surface area contributed by atoms with Gasteiger partial charge in [0.1, 0.15) is 5.69 Å². The molecule has 18 heavy (non-hydrogen) atoms. The Morgan fingerprint density at radius 3 is 2.72 bits per heavy atom. The van der Waals surface area contributed by atoms with E-state index in [-0.39, 0.29) is 5.97 Å². The topological polar surface area (TPSA) is 61.2 Å². The molecule has 0 spiro atoms. The number of rotatable bonds is 4. The highest BCUT2D eigenvalue weighted by molar-refractivity contribution is 5.89. The molecule has 0 aliphatic carbocycles. The van der Waals surface area contributed by atoms with Crippen LogP contribution in [0.5, 0.6) is 0 Å². The first kappa shape index (κ1) is 12.0. The summed E-state index contributed by atoms with van der Waals surface area (Å²) in [5, 5.41) is 0. The van der Waals surface area contributed by atoms with Crippen molar-refractivity contribution < 1.29 is 14.3 Å². The zero-order chi connectivity index (χ0) is 13.0. The Labute approximate surface area is 104 Å². The molecule has 0 aliphatic rings. The van der Waals surface area contributed by atoms with Crippen LogP contribution in [0.15, 0.2) is 36.8 Å². The van der Waals surface area contributed by atoms with Crippen LogP contribution in [-0.2, 0) is 11.3 Å². The maximum atomic E-state index is 11.3. The monoisotopic (exact) mass is 244 g/mol. The summed E-state index contributed by atoms with van der Waals surface area (Å²) in [6, 6.07) is 7.03. The van der Waals surface area contributed by atoms with Gasteiger partial charge in [0.05, 0.1) is 25.2 Å². The number of aromatic nitrogens is 2. The van der Waals surface area contributed by atoms with Gasteiger partial charge in [0.15, 0.2) is 6.29 Å². The minimum Gasteiger partial charge on any atom is -0.465 e. The summed E-state index contributed by atoms with van der Waals surface area (Å²) in [6.07, 6.45) is 3.86. The van der Waals surface area contributed by atoms with E-state index in [1.54, 1.807) is 23.0 Å². The Balaban J connectivity index is 2.16. The molecule has 5 heteroatoms. The van der Waals surface area contributed by atoms with Gasteiger partial charge < -0.3 is 9.30 Å². The Bertz CT molecular complexity index is 558. The van der Waals surface area contributed by atoms with E-state index < -0.39 is 0 Å². The lowest BCUT2D eigenvalue weighted by molar-refractivity contribution is 0.0600. The predicted octanol–water partition coefficient (Wildman–Crippen LogP) is 1.53. The molecule has 0 radical (unpaired) electrons. The maximum Gasteiger partial charge on any atom is 0.337 e. The average molecular weight is 244 g/mol. The largest absolute Gasteiger partial charge is 0.465 e. The molecule has 0 aliphatic heterocycles. The SMILES string of the molecule is COC(=O)c1ccc(Cn2cncc2C=O)cc1. The fraction of sp³-hybridized carbons (Fsp3) is 0.154. The molecule has 92 valence electrons. The van der Waals surface area contributed by atoms with Gasteiger partial charge in [-0.05, 0) is 17.7 Å². The molecule has 0 unspecified atom stereocenters. The van der Waals surface area contributed by atoms with Crippen LogP contribution in [0, 0.1) is 0 Å². The van der Waals surface area contributed by atoms with Crippen molar-refractivity contribution in [1.29, 1.82) is 0 Å². The summed E-state index contributed by atoms with van der Waals surface area (Å²) in [7, 11) is 1.35. The second kappa shape index (κ2) is 5.27. The van der Waals surface area contributed by atoms with Crippen molar-refractivity contribution in [3.63, 3.8) is 0 Å². The summed E-state index contributed by atoms with van der Waals surface area (Å²) in [5.74, 6) is -0.363. The predicted molar refractivity (Wildman–Crippen MR) is 64.5 cm³/mol. The highest BCUT2D eigenvalue weighted by atomic mass is 16.5. The van der Waals surface area contributed by atoms with Crippen molar-refractivity contribution >= 4 is 12.3 Å². The van der Waals surface area contributed by atoms with E-state index in [9.17, 15) is 9.59 Å². The summed E-state index contributed by atoms with van der Waals surface area (Å²) in [5.41, 5.74) is 2.00. The molecule has 0 bridgehead atoms. The lowest BCUT2D eigenvalue weighted by Gasteiger charge is -2.05. The lowest BCUT2D eigenvalue weighted by Crippen LogP contribution is -2.04. The quantitative estimate of drug-likeness (QED) is 0.604. The van der Waals surface area contributed by atoms with E-state index in [2.05, 4.69) is 9.72 Å². The number of ether oxygens (including phenoxy) is 1. The van der Waals surface area contributed by atoms with Crippen molar-refractivity contribution in [2.24, 2.45) is 0 Å². The molecule has 0 atom stereocenters. The minimum atomic E-state index is -0.363. The summed E-state index contributed by atoms with van der Waals surface area (Å²) in [4.78, 5) is 25.9. The molecule has 1 aromatic carbocycles. The third kappa shape index (κ3) is 2.45. The molecule has 2 rings (SSSR count). The van der Waals surface area contributed by atoms with Crippen molar-refractivity contribution in [3.05, 3.63) is 53.6 Å². The van der Waals surface area contributed by atoms with Crippen molar-refractivity contribution in [2.45, 2.75) is 6.54 Å². The van der Waals surface area contributed by atoms with Gasteiger partial charge in [0.25, 0.3) is 0 Å². The fourth-order valence-electron chi connectivity index (χ4n) is 1.62. The third-order valence-electron chi connectivity index (χ3n) is 2.59. The van der Waals surface area contributed by atoms with Crippen LogP contribution in [0.25, 0.3) is 0 Å². The fourth-order valence-corrected chi connectivity index (χ4v) is 1.62. The normalized spacial score (nSPS) is 10.1. The van der Waals surface area contributed by atoms with E-state index in [4.69, 9.17) is 0 Å². The molecule has 5 nitrogen and oxygen atoms in total. The molecule has 1 aromatic heterocycles. The molecule has 0 saturated heterocycles. The summed E-state index contributed by atoms with van der Waals surface area (Å²) in [6.45, 7) is 0.537. The van der Waals surface area contributed by atoms with Crippen LogP contribution in [0.4, 0.5) is 0 Å². The van der Waals surface area contributed by atoms with Gasteiger partial charge in [-0.25, -0.2) is 9.78 Å². The third-order valence-corrected chi connectivity index (χ3v) is 2.59. The number of carbonyl (C=O) groups excluding carboxylic acids is 2.